The van der Waals surface area contributed by atoms with Crippen LogP contribution in [-0.4, -0.2) is 27.1 Å². The smallest absolute Gasteiger partial charge is 0.387 e. The third kappa shape index (κ3) is 4.42. The highest BCUT2D eigenvalue weighted by Crippen LogP contribution is 2.31. The summed E-state index contributed by atoms with van der Waals surface area (Å²) >= 11 is 1.23. The molecule has 0 atom stereocenters. The molecule has 2 N–H and O–H groups in total. The molecule has 0 saturated heterocycles. The molecular formula is C21H16F2N4O4S. The van der Waals surface area contributed by atoms with E-state index in [1.54, 1.807) is 36.4 Å². The third-order valence-corrected chi connectivity index (χ3v) is 5.49. The number of benzene rings is 2. The Labute approximate surface area is 183 Å². The maximum Gasteiger partial charge on any atom is 0.387 e. The number of aromatic nitrogens is 3. The fourth-order valence-corrected chi connectivity index (χ4v) is 4.07. The van der Waals surface area contributed by atoms with E-state index in [1.807, 2.05) is 6.92 Å². The van der Waals surface area contributed by atoms with Crippen molar-refractivity contribution in [3.8, 4) is 17.0 Å². The van der Waals surface area contributed by atoms with Crippen LogP contribution in [0.3, 0.4) is 0 Å². The average molecular weight is 458 g/mol. The van der Waals surface area contributed by atoms with Gasteiger partial charge in [0.2, 0.25) is 5.91 Å². The van der Waals surface area contributed by atoms with Crippen molar-refractivity contribution in [1.82, 2.24) is 14.5 Å². The molecule has 0 spiro atoms. The van der Waals surface area contributed by atoms with Crippen molar-refractivity contribution < 1.29 is 18.3 Å². The number of rotatable bonds is 6. The van der Waals surface area contributed by atoms with Crippen molar-refractivity contribution in [3.05, 3.63) is 74.2 Å². The van der Waals surface area contributed by atoms with Crippen LogP contribution in [-0.2, 0) is 11.3 Å². The Morgan fingerprint density at radius 2 is 1.91 bits per heavy atom. The number of halogens is 2. The number of alkyl halides is 2. The first-order valence-corrected chi connectivity index (χ1v) is 10.2. The number of anilines is 1. The van der Waals surface area contributed by atoms with Crippen LogP contribution in [0.25, 0.3) is 22.2 Å². The van der Waals surface area contributed by atoms with Crippen LogP contribution in [0.1, 0.15) is 4.88 Å². The van der Waals surface area contributed by atoms with Crippen molar-refractivity contribution in [3.63, 3.8) is 0 Å². The molecule has 8 nitrogen and oxygen atoms in total. The maximum absolute atomic E-state index is 12.6. The molecule has 164 valence electrons. The van der Waals surface area contributed by atoms with E-state index in [2.05, 4.69) is 20.0 Å². The van der Waals surface area contributed by atoms with Crippen LogP contribution in [0.2, 0.25) is 0 Å². The Bertz CT molecular complexity index is 1410. The lowest BCUT2D eigenvalue weighted by Gasteiger charge is -2.08. The lowest BCUT2D eigenvalue weighted by molar-refractivity contribution is -0.116. The zero-order valence-corrected chi connectivity index (χ0v) is 17.4. The van der Waals surface area contributed by atoms with Gasteiger partial charge in [0.1, 0.15) is 12.3 Å². The molecule has 4 aromatic rings. The summed E-state index contributed by atoms with van der Waals surface area (Å²) in [6.45, 7) is -1.41. The molecule has 0 aliphatic carbocycles. The fourth-order valence-electron chi connectivity index (χ4n) is 3.21. The largest absolute Gasteiger partial charge is 0.435 e. The van der Waals surface area contributed by atoms with Crippen molar-refractivity contribution in [2.45, 2.75) is 20.1 Å². The number of carbonyl (C=O) groups is 1. The Hall–Kier alpha value is -3.86. The molecule has 0 bridgehead atoms. The van der Waals surface area contributed by atoms with Crippen LogP contribution >= 0.6 is 11.3 Å². The van der Waals surface area contributed by atoms with Gasteiger partial charge in [-0.05, 0) is 43.3 Å². The number of thiazole rings is 1. The van der Waals surface area contributed by atoms with Crippen LogP contribution in [0, 0.1) is 6.92 Å². The lowest BCUT2D eigenvalue weighted by Crippen LogP contribution is -2.33. The number of H-pyrrole nitrogens is 1. The number of ether oxygens (including phenoxy) is 1. The van der Waals surface area contributed by atoms with Gasteiger partial charge in [-0.1, -0.05) is 12.1 Å². The number of hydrogen-bond acceptors (Lipinski definition) is 6. The van der Waals surface area contributed by atoms with Gasteiger partial charge in [0.05, 0.1) is 16.6 Å². The molecule has 0 saturated carbocycles. The van der Waals surface area contributed by atoms with E-state index in [-0.39, 0.29) is 12.3 Å². The molecule has 2 aromatic heterocycles. The van der Waals surface area contributed by atoms with Crippen LogP contribution in [0.5, 0.6) is 5.75 Å². The lowest BCUT2D eigenvalue weighted by atomic mass is 10.1. The molecule has 1 amide bonds. The Balaban J connectivity index is 1.54. The van der Waals surface area contributed by atoms with Gasteiger partial charge < -0.3 is 10.1 Å². The number of nitrogens with one attached hydrogen (secondary N) is 2. The minimum absolute atomic E-state index is 0.0312. The van der Waals surface area contributed by atoms with E-state index < -0.39 is 23.8 Å². The maximum atomic E-state index is 12.6. The monoisotopic (exact) mass is 458 g/mol. The molecule has 0 aliphatic heterocycles. The van der Waals surface area contributed by atoms with E-state index in [0.717, 1.165) is 4.88 Å². The third-order valence-electron chi connectivity index (χ3n) is 4.60. The molecule has 2 aromatic carbocycles. The predicted molar refractivity (Wildman–Crippen MR) is 116 cm³/mol. The number of para-hydroxylation sites is 1. The summed E-state index contributed by atoms with van der Waals surface area (Å²) in [6, 6.07) is 12.5. The van der Waals surface area contributed by atoms with Gasteiger partial charge in [-0.3, -0.25) is 19.1 Å². The van der Waals surface area contributed by atoms with E-state index in [4.69, 9.17) is 0 Å². The van der Waals surface area contributed by atoms with Crippen molar-refractivity contribution in [2.75, 3.05) is 5.32 Å². The van der Waals surface area contributed by atoms with Gasteiger partial charge in [-0.15, -0.1) is 11.3 Å². The van der Waals surface area contributed by atoms with Gasteiger partial charge in [0.25, 0.3) is 5.56 Å². The SMILES string of the molecule is Cc1sc(NC(=O)Cn2c(=O)[nH]c(=O)c3ccccc32)nc1-c1ccc(OC(F)F)cc1. The number of aryl methyl sites for hydroxylation is 1. The minimum Gasteiger partial charge on any atom is -0.435 e. The average Bonchev–Trinajstić information content (AvgIpc) is 3.11. The highest BCUT2D eigenvalue weighted by molar-refractivity contribution is 7.16. The molecule has 32 heavy (non-hydrogen) atoms. The summed E-state index contributed by atoms with van der Waals surface area (Å²) in [5.41, 5.74) is 0.390. The van der Waals surface area contributed by atoms with Crippen LogP contribution in [0.15, 0.2) is 58.1 Å². The minimum atomic E-state index is -2.91. The van der Waals surface area contributed by atoms with Crippen LogP contribution < -0.4 is 21.3 Å². The topological polar surface area (TPSA) is 106 Å². The van der Waals surface area contributed by atoms with Crippen LogP contribution in [0.4, 0.5) is 13.9 Å². The van der Waals surface area contributed by atoms with Gasteiger partial charge >= 0.3 is 12.3 Å². The Kier molecular flexibility index (Phi) is 5.82. The van der Waals surface area contributed by atoms with E-state index in [9.17, 15) is 23.2 Å². The van der Waals surface area contributed by atoms with Crippen molar-refractivity contribution in [2.24, 2.45) is 0 Å². The Morgan fingerprint density at radius 3 is 2.62 bits per heavy atom. The summed E-state index contributed by atoms with van der Waals surface area (Å²) in [4.78, 5) is 44.2. The van der Waals surface area contributed by atoms with Gasteiger partial charge in [-0.2, -0.15) is 8.78 Å². The summed E-state index contributed by atoms with van der Waals surface area (Å²) in [7, 11) is 0. The highest BCUT2D eigenvalue weighted by Gasteiger charge is 2.15. The summed E-state index contributed by atoms with van der Waals surface area (Å²) in [5.74, 6) is -0.464. The molecule has 11 heteroatoms. The molecule has 0 aliphatic rings. The molecule has 0 unspecified atom stereocenters. The summed E-state index contributed by atoms with van der Waals surface area (Å²) < 4.78 is 30.1. The normalized spacial score (nSPS) is 11.1. The second-order valence-electron chi connectivity index (χ2n) is 6.74. The van der Waals surface area contributed by atoms with Crippen molar-refractivity contribution in [1.29, 1.82) is 0 Å². The number of carbonyl (C=O) groups excluding carboxylic acids is 1. The highest BCUT2D eigenvalue weighted by atomic mass is 32.1. The molecular weight excluding hydrogens is 442 g/mol. The zero-order chi connectivity index (χ0) is 22.8. The molecule has 0 radical (unpaired) electrons. The molecule has 0 fully saturated rings. The molecule has 2 heterocycles. The van der Waals surface area contributed by atoms with E-state index in [1.165, 1.54) is 28.0 Å². The second-order valence-corrected chi connectivity index (χ2v) is 7.94. The fraction of sp³-hybridized carbons (Fsp3) is 0.143. The first-order chi connectivity index (χ1) is 15.3. The summed E-state index contributed by atoms with van der Waals surface area (Å²) in [5, 5.41) is 3.27. The second kappa shape index (κ2) is 8.71. The first-order valence-electron chi connectivity index (χ1n) is 9.36. The predicted octanol–water partition coefficient (Wildman–Crippen LogP) is 3.36. The zero-order valence-electron chi connectivity index (χ0n) is 16.6. The Morgan fingerprint density at radius 1 is 1.19 bits per heavy atom. The standard InChI is InChI=1S/C21H16F2N4O4S/c1-11-17(12-6-8-13(9-7-12)31-19(22)23)25-20(32-11)24-16(28)10-27-15-5-3-2-4-14(15)18(29)26-21(27)30/h2-9,19H,10H2,1H3,(H,24,25,28)(H,26,29,30). The number of fused-ring (bicyclic) bond motifs is 1. The number of amides is 1. The quantitative estimate of drug-likeness (QED) is 0.461. The van der Waals surface area contributed by atoms with E-state index >= 15 is 0 Å². The molecule has 4 rings (SSSR count). The number of hydrogen-bond donors (Lipinski definition) is 2. The number of aromatic amines is 1. The van der Waals surface area contributed by atoms with E-state index in [0.29, 0.717) is 27.3 Å². The van der Waals surface area contributed by atoms with Crippen molar-refractivity contribution >= 4 is 33.3 Å². The van der Waals surface area contributed by atoms with Gasteiger partial charge in [-0.25, -0.2) is 9.78 Å². The summed E-state index contributed by atoms with van der Waals surface area (Å²) in [6.07, 6.45) is 0. The van der Waals surface area contributed by atoms with Gasteiger partial charge in [0.15, 0.2) is 5.13 Å². The first kappa shape index (κ1) is 21.4. The van der Waals surface area contributed by atoms with Gasteiger partial charge in [0, 0.05) is 10.4 Å². The number of nitrogens with zero attached hydrogens (tertiary/aromatic N) is 2.